The van der Waals surface area contributed by atoms with Crippen molar-refractivity contribution in [2.45, 2.75) is 75.5 Å². The van der Waals surface area contributed by atoms with E-state index in [9.17, 15) is 49.3 Å². The zero-order valence-corrected chi connectivity index (χ0v) is 56.7. The number of nitrogens with one attached hydrogen (secondary N) is 3. The number of nitrogens with two attached hydrogens (primary N) is 1. The highest BCUT2D eigenvalue weighted by molar-refractivity contribution is 8.24. The number of halogens is 13. The summed E-state index contributed by atoms with van der Waals surface area (Å²) in [5.74, 6) is -5.48. The normalized spacial score (nSPS) is 13.4. The number of anilines is 4. The molecule has 24 nitrogen and oxygen atoms in total. The number of hydrogen-bond donors (Lipinski definition) is 4. The predicted octanol–water partition coefficient (Wildman–Crippen LogP) is 15.2. The van der Waals surface area contributed by atoms with Crippen LogP contribution in [0.3, 0.4) is 0 Å². The van der Waals surface area contributed by atoms with E-state index in [0.29, 0.717) is 80.5 Å². The second kappa shape index (κ2) is 35.0. The third-order valence-electron chi connectivity index (χ3n) is 13.9. The van der Waals surface area contributed by atoms with Gasteiger partial charge in [-0.25, -0.2) is 80.0 Å². The molecular formula is C61H56Cl5F8N16O8P. The van der Waals surface area contributed by atoms with Crippen LogP contribution in [-0.2, 0) is 9.36 Å². The Morgan fingerprint density at radius 1 is 0.535 bits per heavy atom. The number of aromatic nitrogens is 12. The third kappa shape index (κ3) is 21.2. The van der Waals surface area contributed by atoms with Gasteiger partial charge in [0.1, 0.15) is 42.5 Å². The number of rotatable bonds is 16. The molecule has 38 heteroatoms. The maximum absolute atomic E-state index is 13.6. The third-order valence-corrected chi connectivity index (χ3v) is 13.9. The van der Waals surface area contributed by atoms with Gasteiger partial charge in [-0.05, 0) is 85.1 Å². The van der Waals surface area contributed by atoms with Gasteiger partial charge in [0.2, 0.25) is 23.4 Å². The molecule has 1 amide bonds. The number of carbonyl (C=O) groups is 2. The Balaban J connectivity index is 0.000000157. The highest BCUT2D eigenvalue weighted by Crippen LogP contribution is 2.61. The van der Waals surface area contributed by atoms with Crippen molar-refractivity contribution >= 4 is 119 Å². The number of ether oxygens (including phenoxy) is 5. The van der Waals surface area contributed by atoms with Gasteiger partial charge < -0.3 is 54.5 Å². The fourth-order valence-corrected chi connectivity index (χ4v) is 9.00. The Morgan fingerprint density at radius 3 is 1.32 bits per heavy atom. The predicted molar refractivity (Wildman–Crippen MR) is 355 cm³/mol. The van der Waals surface area contributed by atoms with E-state index in [0.717, 1.165) is 87.8 Å². The van der Waals surface area contributed by atoms with Crippen LogP contribution in [-0.4, -0.2) is 117 Å². The lowest BCUT2D eigenvalue weighted by atomic mass is 10.2. The molecular weight excluding hydrogens is 1440 g/mol. The second-order valence-electron chi connectivity index (χ2n) is 21.0. The lowest BCUT2D eigenvalue weighted by Gasteiger charge is -2.14. The maximum Gasteiger partial charge on any atom is 0.339 e. The first-order chi connectivity index (χ1) is 47.4. The molecule has 6 heterocycles. The van der Waals surface area contributed by atoms with E-state index >= 15 is 0 Å². The summed E-state index contributed by atoms with van der Waals surface area (Å²) >= 11 is 23.4. The fraction of sp³-hybridized carbons (Fsp3) is 0.279. The molecule has 0 aliphatic heterocycles. The lowest BCUT2D eigenvalue weighted by molar-refractivity contribution is -0.120. The standard InChI is InChI=1S/C15H14F2N4O2.2C15H12F2N4O.C9H10F2N2.C6H6N2O3.CH2Cl2.Cl3OP/c1-23-15-9(6-18-7-19-15)14(22)21-13-5-11(17)10(16)4-12(13)20-8-2-3-8;2*1-22-15-9(6-18-7-19-15)14-20-12-4-10(16)11(17)5-13(12)21(14)8-2-3-8;10-6-3-8(12)9(4-7(6)11)13-5-1-2-5;1-10-6-5(11-4-9)2-7-3-8-6;2-1-3;1-5(2,3)4/h4-8,20H,2-3H2,1H3,(H,21,22);2*4-8H,2-3H2,1H3;3-5,13H,1-2,12H2;2-4H,1H3;1H2;. The molecule has 0 spiro atoms. The Morgan fingerprint density at radius 2 is 0.899 bits per heavy atom. The van der Waals surface area contributed by atoms with Crippen LogP contribution in [0.4, 0.5) is 57.9 Å². The van der Waals surface area contributed by atoms with Crippen LogP contribution in [0, 0.1) is 46.5 Å². The van der Waals surface area contributed by atoms with Gasteiger partial charge in [0, 0.05) is 91.3 Å². The Labute approximate surface area is 582 Å². The van der Waals surface area contributed by atoms with Crippen molar-refractivity contribution in [2.75, 3.05) is 55.5 Å². The smallest absolute Gasteiger partial charge is 0.339 e. The largest absolute Gasteiger partial charge is 0.480 e. The van der Waals surface area contributed by atoms with Crippen molar-refractivity contribution < 1.29 is 73.0 Å². The number of nitrogens with zero attached hydrogens (tertiary/aromatic N) is 12. The molecule has 0 bridgehead atoms. The van der Waals surface area contributed by atoms with Crippen molar-refractivity contribution in [1.82, 2.24) is 59.0 Å². The summed E-state index contributed by atoms with van der Waals surface area (Å²) in [6, 6.07) is 9.74. The zero-order chi connectivity index (χ0) is 71.7. The maximum atomic E-state index is 13.6. The van der Waals surface area contributed by atoms with Gasteiger partial charge in [0.05, 0.1) is 95.9 Å². The molecule has 4 aromatic carbocycles. The molecule has 14 rings (SSSR count). The molecule has 0 radical (unpaired) electrons. The number of nitrogen functional groups attached to an aromatic ring is 1. The van der Waals surface area contributed by atoms with Crippen LogP contribution in [0.2, 0.25) is 0 Å². The number of benzene rings is 4. The van der Waals surface area contributed by atoms with E-state index in [2.05, 4.69) is 104 Å². The molecule has 524 valence electrons. The van der Waals surface area contributed by atoms with Crippen molar-refractivity contribution in [1.29, 1.82) is 0 Å². The van der Waals surface area contributed by atoms with Gasteiger partial charge >= 0.3 is 5.20 Å². The minimum absolute atomic E-state index is 0.0942. The van der Waals surface area contributed by atoms with E-state index < -0.39 is 57.6 Å². The minimum Gasteiger partial charge on any atom is -0.480 e. The lowest BCUT2D eigenvalue weighted by Crippen LogP contribution is -2.16. The quantitative estimate of drug-likeness (QED) is 0.0230. The number of methoxy groups -OCH3 is 4. The van der Waals surface area contributed by atoms with Crippen molar-refractivity contribution in [3.8, 4) is 52.0 Å². The van der Waals surface area contributed by atoms with E-state index in [1.165, 1.54) is 78.3 Å². The zero-order valence-electron chi connectivity index (χ0n) is 52.1. The Hall–Kier alpha value is -9.20. The number of carbonyl (C=O) groups excluding carboxylic acids is 2. The topological polar surface area (TPSA) is 298 Å². The minimum atomic E-state index is -3.22. The number of hydrogen-bond acceptors (Lipinski definition) is 21. The highest BCUT2D eigenvalue weighted by Gasteiger charge is 2.33. The number of amides is 1. The van der Waals surface area contributed by atoms with Crippen molar-refractivity contribution in [3.63, 3.8) is 0 Å². The number of fused-ring (bicyclic) bond motifs is 2. The van der Waals surface area contributed by atoms with E-state index in [1.807, 2.05) is 9.13 Å². The van der Waals surface area contributed by atoms with Crippen LogP contribution >= 0.6 is 62.1 Å². The molecule has 0 saturated heterocycles. The van der Waals surface area contributed by atoms with E-state index in [-0.39, 0.29) is 57.9 Å². The molecule has 99 heavy (non-hydrogen) atoms. The monoisotopic (exact) mass is 1500 g/mol. The van der Waals surface area contributed by atoms with Crippen LogP contribution < -0.4 is 45.4 Å². The molecule has 4 fully saturated rings. The fourth-order valence-electron chi connectivity index (χ4n) is 9.00. The van der Waals surface area contributed by atoms with Gasteiger partial charge in [-0.15, -0.1) is 23.2 Å². The van der Waals surface area contributed by atoms with E-state index in [1.54, 1.807) is 12.4 Å². The molecule has 4 aliphatic carbocycles. The van der Waals surface area contributed by atoms with Gasteiger partial charge in [0.15, 0.2) is 46.5 Å². The second-order valence-corrected chi connectivity index (χ2v) is 28.4. The summed E-state index contributed by atoms with van der Waals surface area (Å²) in [5.41, 5.74) is 9.98. The Bertz CT molecular complexity index is 4370. The van der Waals surface area contributed by atoms with Gasteiger partial charge in [-0.3, -0.25) is 14.2 Å². The average Bonchev–Trinajstić information content (AvgIpc) is 1.60. The molecule has 6 aromatic heterocycles. The van der Waals surface area contributed by atoms with Gasteiger partial charge in [-0.2, -0.15) is 4.98 Å². The average molecular weight is 1500 g/mol. The first kappa shape index (κ1) is 75.6. The van der Waals surface area contributed by atoms with Gasteiger partial charge in [0.25, 0.3) is 18.3 Å². The first-order valence-corrected chi connectivity index (χ1v) is 34.5. The molecule has 0 atom stereocenters. The van der Waals surface area contributed by atoms with Gasteiger partial charge in [-0.1, -0.05) is 0 Å². The molecule has 4 saturated carbocycles. The van der Waals surface area contributed by atoms with E-state index in [4.69, 9.17) is 47.9 Å². The van der Waals surface area contributed by atoms with Crippen LogP contribution in [0.1, 0.15) is 73.8 Å². The SMILES string of the molecule is COc1ncncc1-c1nc2cc(F)c(F)cc2n1C1CC1.COc1ncncc1-c1nc2cc(F)c(F)cc2n1C1CC1.COc1ncncc1C(=O)Nc1cc(F)c(F)cc1NC1CC1.COc1ncncc1OC=O.ClCCl.Nc1cc(F)c(F)cc1NC1CC1.O=P(Cl)(Cl)Cl. The van der Waals surface area contributed by atoms with Crippen molar-refractivity contribution in [2.24, 2.45) is 0 Å². The van der Waals surface area contributed by atoms with Crippen molar-refractivity contribution in [3.05, 3.63) is 151 Å². The number of imidazole rings is 2. The Kier molecular flexibility index (Phi) is 26.7. The van der Waals surface area contributed by atoms with Crippen LogP contribution in [0.15, 0.2) is 98.6 Å². The molecule has 0 unspecified atom stereocenters. The summed E-state index contributed by atoms with van der Waals surface area (Å²) in [4.78, 5) is 62.2. The molecule has 10 aromatic rings. The molecule has 4 aliphatic rings. The highest BCUT2D eigenvalue weighted by atomic mass is 36.0. The van der Waals surface area contributed by atoms with Crippen LogP contribution in [0.5, 0.6) is 29.3 Å². The summed E-state index contributed by atoms with van der Waals surface area (Å²) in [6.45, 7) is 0.293. The van der Waals surface area contributed by atoms with Crippen LogP contribution in [0.25, 0.3) is 44.8 Å². The molecule has 5 N–H and O–H groups in total. The summed E-state index contributed by atoms with van der Waals surface area (Å²) in [6.07, 6.45) is 19.1. The summed E-state index contributed by atoms with van der Waals surface area (Å²) in [7, 11) is 5.82. The number of alkyl halides is 2. The first-order valence-electron chi connectivity index (χ1n) is 29.0. The summed E-state index contributed by atoms with van der Waals surface area (Å²) < 4.78 is 145. The summed E-state index contributed by atoms with van der Waals surface area (Å²) in [5, 5.41) is 5.58.